The van der Waals surface area contributed by atoms with Crippen LogP contribution in [0.3, 0.4) is 0 Å². The van der Waals surface area contributed by atoms with Crippen LogP contribution in [0.5, 0.6) is 0 Å². The third-order valence-electron chi connectivity index (χ3n) is 1.66. The fourth-order valence-electron chi connectivity index (χ4n) is 1.22. The largest absolute Gasteiger partial charge is 0.461 e. The molecule has 0 aromatic carbocycles. The second kappa shape index (κ2) is 1.93. The van der Waals surface area contributed by atoms with Crippen molar-refractivity contribution in [1.29, 1.82) is 0 Å². The number of carbonyl (C=O) groups excluding carboxylic acids is 1. The van der Waals surface area contributed by atoms with Crippen LogP contribution in [0.25, 0.3) is 0 Å². The molecule has 0 N–H and O–H groups in total. The molecule has 2 aliphatic rings. The van der Waals surface area contributed by atoms with Gasteiger partial charge in [0.1, 0.15) is 12.7 Å². The monoisotopic (exact) mass is 144 g/mol. The summed E-state index contributed by atoms with van der Waals surface area (Å²) in [5, 5.41) is 0. The maximum absolute atomic E-state index is 10.8. The number of hydrogen-bond donors (Lipinski definition) is 0. The van der Waals surface area contributed by atoms with Crippen LogP contribution in [0, 0.1) is 0 Å². The number of hydrogen-bond acceptors (Lipinski definition) is 4. The third kappa shape index (κ3) is 0.726. The molecular formula is C6H8O4. The highest BCUT2D eigenvalue weighted by Gasteiger charge is 2.45. The number of fused-ring (bicyclic) bond motifs is 1. The second-order valence-corrected chi connectivity index (χ2v) is 2.43. The van der Waals surface area contributed by atoms with Crippen LogP contribution in [0.2, 0.25) is 0 Å². The molecule has 56 valence electrons. The van der Waals surface area contributed by atoms with Gasteiger partial charge in [-0.05, 0) is 6.92 Å². The van der Waals surface area contributed by atoms with Crippen molar-refractivity contribution in [2.24, 2.45) is 0 Å². The van der Waals surface area contributed by atoms with Crippen LogP contribution in [-0.4, -0.2) is 31.1 Å². The molecular weight excluding hydrogens is 136 g/mol. The van der Waals surface area contributed by atoms with Crippen LogP contribution in [0.15, 0.2) is 0 Å². The average Bonchev–Trinajstić information content (AvgIpc) is 2.35. The summed E-state index contributed by atoms with van der Waals surface area (Å²) in [5.74, 6) is -0.297. The normalized spacial score (nSPS) is 45.3. The van der Waals surface area contributed by atoms with Crippen LogP contribution >= 0.6 is 0 Å². The minimum Gasteiger partial charge on any atom is -0.461 e. The Balaban J connectivity index is 2.12. The lowest BCUT2D eigenvalue weighted by atomic mass is 10.3. The van der Waals surface area contributed by atoms with Crippen molar-refractivity contribution in [3.63, 3.8) is 0 Å². The topological polar surface area (TPSA) is 44.8 Å². The summed E-state index contributed by atoms with van der Waals surface area (Å²) in [5.41, 5.74) is 0. The zero-order valence-corrected chi connectivity index (χ0v) is 5.57. The van der Waals surface area contributed by atoms with Crippen molar-refractivity contribution in [2.45, 2.75) is 25.4 Å². The van der Waals surface area contributed by atoms with Gasteiger partial charge in [0.05, 0.1) is 0 Å². The summed E-state index contributed by atoms with van der Waals surface area (Å²) in [6.45, 7) is 2.11. The summed E-state index contributed by atoms with van der Waals surface area (Å²) < 4.78 is 15.0. The minimum absolute atomic E-state index is 0.164. The Morgan fingerprint density at radius 3 is 3.00 bits per heavy atom. The Hall–Kier alpha value is -0.610. The number of ether oxygens (including phenoxy) is 3. The van der Waals surface area contributed by atoms with Crippen LogP contribution in [-0.2, 0) is 19.0 Å². The molecule has 10 heavy (non-hydrogen) atoms. The van der Waals surface area contributed by atoms with E-state index >= 15 is 0 Å². The number of esters is 1. The van der Waals surface area contributed by atoms with Gasteiger partial charge in [0.15, 0.2) is 12.4 Å². The molecule has 2 aliphatic heterocycles. The SMILES string of the molecule is CC1O[C@@H]2COC(=O)[C@@H]2O1. The second-order valence-electron chi connectivity index (χ2n) is 2.43. The third-order valence-corrected chi connectivity index (χ3v) is 1.66. The first-order chi connectivity index (χ1) is 4.77. The smallest absolute Gasteiger partial charge is 0.338 e. The zero-order chi connectivity index (χ0) is 7.14. The van der Waals surface area contributed by atoms with E-state index in [2.05, 4.69) is 4.74 Å². The molecule has 0 amide bonds. The summed E-state index contributed by atoms with van der Waals surface area (Å²) in [6, 6.07) is 0. The highest BCUT2D eigenvalue weighted by Crippen LogP contribution is 2.24. The molecule has 2 heterocycles. The lowest BCUT2D eigenvalue weighted by Gasteiger charge is -2.03. The maximum Gasteiger partial charge on any atom is 0.338 e. The molecule has 0 aromatic heterocycles. The van der Waals surface area contributed by atoms with Gasteiger partial charge in [0.25, 0.3) is 0 Å². The van der Waals surface area contributed by atoms with E-state index < -0.39 is 6.10 Å². The van der Waals surface area contributed by atoms with E-state index in [1.807, 2.05) is 0 Å². The van der Waals surface area contributed by atoms with Crippen LogP contribution < -0.4 is 0 Å². The van der Waals surface area contributed by atoms with Crippen molar-refractivity contribution < 1.29 is 19.0 Å². The molecule has 0 radical (unpaired) electrons. The molecule has 2 saturated heterocycles. The molecule has 3 atom stereocenters. The van der Waals surface area contributed by atoms with E-state index in [0.717, 1.165) is 0 Å². The Labute approximate surface area is 58.1 Å². The van der Waals surface area contributed by atoms with Gasteiger partial charge in [-0.3, -0.25) is 0 Å². The van der Waals surface area contributed by atoms with Crippen LogP contribution in [0.1, 0.15) is 6.92 Å². The quantitative estimate of drug-likeness (QED) is 0.437. The highest BCUT2D eigenvalue weighted by atomic mass is 16.8. The first-order valence-corrected chi connectivity index (χ1v) is 3.25. The van der Waals surface area contributed by atoms with Gasteiger partial charge in [0, 0.05) is 0 Å². The molecule has 0 aliphatic carbocycles. The van der Waals surface area contributed by atoms with Crippen molar-refractivity contribution in [2.75, 3.05) is 6.61 Å². The van der Waals surface area contributed by atoms with E-state index in [1.165, 1.54) is 0 Å². The van der Waals surface area contributed by atoms with Gasteiger partial charge >= 0.3 is 5.97 Å². The van der Waals surface area contributed by atoms with Gasteiger partial charge in [-0.25, -0.2) is 4.79 Å². The predicted molar refractivity (Wildman–Crippen MR) is 30.2 cm³/mol. The van der Waals surface area contributed by atoms with E-state index in [9.17, 15) is 4.79 Å². The first kappa shape index (κ1) is 6.12. The highest BCUT2D eigenvalue weighted by molar-refractivity contribution is 5.77. The predicted octanol–water partition coefficient (Wildman–Crippen LogP) is -0.327. The lowest BCUT2D eigenvalue weighted by Crippen LogP contribution is -2.22. The number of carbonyl (C=O) groups is 1. The molecule has 4 nitrogen and oxygen atoms in total. The zero-order valence-electron chi connectivity index (χ0n) is 5.57. The summed E-state index contributed by atoms with van der Waals surface area (Å²) in [6.07, 6.45) is -0.889. The molecule has 0 aromatic rings. The Kier molecular flexibility index (Phi) is 1.18. The van der Waals surface area contributed by atoms with Gasteiger partial charge < -0.3 is 14.2 Å². The van der Waals surface area contributed by atoms with Gasteiger partial charge in [-0.15, -0.1) is 0 Å². The van der Waals surface area contributed by atoms with Gasteiger partial charge in [-0.1, -0.05) is 0 Å². The number of rotatable bonds is 0. The summed E-state index contributed by atoms with van der Waals surface area (Å²) >= 11 is 0. The van der Waals surface area contributed by atoms with Gasteiger partial charge in [0.2, 0.25) is 0 Å². The van der Waals surface area contributed by atoms with E-state index in [1.54, 1.807) is 6.92 Å². The van der Waals surface area contributed by atoms with Gasteiger partial charge in [-0.2, -0.15) is 0 Å². The fraction of sp³-hybridized carbons (Fsp3) is 0.833. The molecule has 0 spiro atoms. The Morgan fingerprint density at radius 2 is 2.30 bits per heavy atom. The first-order valence-electron chi connectivity index (χ1n) is 3.25. The maximum atomic E-state index is 10.8. The standard InChI is InChI=1S/C6H8O4/c1-3-9-4-2-8-6(7)5(4)10-3/h3-5H,2H2,1H3/t3?,4-,5-/m1/s1. The minimum atomic E-state index is -0.463. The summed E-state index contributed by atoms with van der Waals surface area (Å²) in [7, 11) is 0. The molecule has 2 fully saturated rings. The Bertz CT molecular complexity index is 167. The van der Waals surface area contributed by atoms with Crippen molar-refractivity contribution in [3.8, 4) is 0 Å². The van der Waals surface area contributed by atoms with Crippen molar-refractivity contribution in [1.82, 2.24) is 0 Å². The molecule has 0 saturated carbocycles. The van der Waals surface area contributed by atoms with E-state index in [0.29, 0.717) is 6.61 Å². The molecule has 2 rings (SSSR count). The van der Waals surface area contributed by atoms with E-state index in [4.69, 9.17) is 9.47 Å². The fourth-order valence-corrected chi connectivity index (χ4v) is 1.22. The van der Waals surface area contributed by atoms with Crippen molar-refractivity contribution >= 4 is 5.97 Å². The van der Waals surface area contributed by atoms with E-state index in [-0.39, 0.29) is 18.4 Å². The number of cyclic esters (lactones) is 1. The van der Waals surface area contributed by atoms with Crippen LogP contribution in [0.4, 0.5) is 0 Å². The lowest BCUT2D eigenvalue weighted by molar-refractivity contribution is -0.153. The Morgan fingerprint density at radius 1 is 1.50 bits per heavy atom. The molecule has 1 unspecified atom stereocenters. The molecule has 0 bridgehead atoms. The average molecular weight is 144 g/mol. The molecule has 4 heteroatoms. The summed E-state index contributed by atoms with van der Waals surface area (Å²) in [4.78, 5) is 10.8. The van der Waals surface area contributed by atoms with Crippen molar-refractivity contribution in [3.05, 3.63) is 0 Å².